The number of carboxylic acids is 1. The smallest absolute Gasteiger partial charge is 0.341 e. The number of nitrogens with zero attached hydrogens (tertiary/aromatic N) is 1. The highest BCUT2D eigenvalue weighted by atomic mass is 79.9. The van der Waals surface area contributed by atoms with E-state index in [4.69, 9.17) is 9.84 Å². The van der Waals surface area contributed by atoms with E-state index in [1.165, 1.54) is 16.9 Å². The maximum Gasteiger partial charge on any atom is 0.341 e. The highest BCUT2D eigenvalue weighted by molar-refractivity contribution is 9.10. The zero-order chi connectivity index (χ0) is 17.8. The number of benzene rings is 2. The average molecular weight is 419 g/mol. The van der Waals surface area contributed by atoms with Crippen LogP contribution in [-0.2, 0) is 4.79 Å². The fourth-order valence-corrected chi connectivity index (χ4v) is 3.27. The normalized spacial score (nSPS) is 10.5. The summed E-state index contributed by atoms with van der Waals surface area (Å²) in [5, 5.41) is 14.7. The number of rotatable bonds is 6. The predicted octanol–water partition coefficient (Wildman–Crippen LogP) is 5.09. The molecule has 2 aromatic carbocycles. The quantitative estimate of drug-likeness (QED) is 0.583. The Morgan fingerprint density at radius 1 is 1.28 bits per heavy atom. The van der Waals surface area contributed by atoms with E-state index in [0.29, 0.717) is 5.75 Å². The van der Waals surface area contributed by atoms with E-state index >= 15 is 0 Å². The van der Waals surface area contributed by atoms with Crippen LogP contribution in [0.5, 0.6) is 5.75 Å². The lowest BCUT2D eigenvalue weighted by Crippen LogP contribution is -2.10. The minimum Gasteiger partial charge on any atom is -0.481 e. The third kappa shape index (κ3) is 4.58. The van der Waals surface area contributed by atoms with Gasteiger partial charge in [-0.3, -0.25) is 0 Å². The van der Waals surface area contributed by atoms with Crippen molar-refractivity contribution in [1.82, 2.24) is 4.98 Å². The number of nitrogens with one attached hydrogen (secondary N) is 1. The van der Waals surface area contributed by atoms with Crippen LogP contribution in [-0.4, -0.2) is 22.7 Å². The largest absolute Gasteiger partial charge is 0.481 e. The summed E-state index contributed by atoms with van der Waals surface area (Å²) in [6.45, 7) is 1.64. The van der Waals surface area contributed by atoms with Crippen LogP contribution >= 0.6 is 27.3 Å². The summed E-state index contributed by atoms with van der Waals surface area (Å²) in [6, 6.07) is 13.5. The molecule has 3 rings (SSSR count). The van der Waals surface area contributed by atoms with Gasteiger partial charge in [-0.05, 0) is 37.3 Å². The fraction of sp³-hybridized carbons (Fsp3) is 0.111. The van der Waals surface area contributed by atoms with Gasteiger partial charge in [0.2, 0.25) is 0 Å². The molecule has 0 aliphatic rings. The molecule has 128 valence electrons. The number of anilines is 2. The first-order chi connectivity index (χ1) is 12.0. The van der Waals surface area contributed by atoms with E-state index in [0.717, 1.165) is 26.5 Å². The third-order valence-corrected chi connectivity index (χ3v) is 4.63. The van der Waals surface area contributed by atoms with Gasteiger partial charge >= 0.3 is 5.97 Å². The lowest BCUT2D eigenvalue weighted by atomic mass is 10.1. The molecule has 0 fully saturated rings. The molecule has 0 spiro atoms. The minimum atomic E-state index is -1.02. The van der Waals surface area contributed by atoms with Gasteiger partial charge in [0.05, 0.1) is 5.69 Å². The Balaban J connectivity index is 1.84. The van der Waals surface area contributed by atoms with E-state index in [-0.39, 0.29) is 0 Å². The molecule has 5 nitrogen and oxygen atoms in total. The monoisotopic (exact) mass is 418 g/mol. The van der Waals surface area contributed by atoms with Crippen LogP contribution in [0.4, 0.5) is 10.8 Å². The van der Waals surface area contributed by atoms with Crippen molar-refractivity contribution in [2.45, 2.75) is 6.92 Å². The molecule has 25 heavy (non-hydrogen) atoms. The van der Waals surface area contributed by atoms with E-state index in [1.54, 1.807) is 12.1 Å². The van der Waals surface area contributed by atoms with Crippen LogP contribution in [0.25, 0.3) is 11.3 Å². The fourth-order valence-electron chi connectivity index (χ4n) is 2.18. The summed E-state index contributed by atoms with van der Waals surface area (Å²) in [7, 11) is 0. The number of hydrogen-bond acceptors (Lipinski definition) is 5. The highest BCUT2D eigenvalue weighted by Crippen LogP contribution is 2.35. The first-order valence-corrected chi connectivity index (χ1v) is 9.12. The molecule has 0 radical (unpaired) electrons. The van der Waals surface area contributed by atoms with E-state index in [9.17, 15) is 4.79 Å². The maximum atomic E-state index is 10.8. The number of carboxylic acid groups (broad SMARTS) is 1. The third-order valence-electron chi connectivity index (χ3n) is 3.38. The predicted molar refractivity (Wildman–Crippen MR) is 103 cm³/mol. The van der Waals surface area contributed by atoms with Crippen molar-refractivity contribution in [1.29, 1.82) is 0 Å². The second kappa shape index (κ2) is 7.67. The van der Waals surface area contributed by atoms with Gasteiger partial charge in [0.1, 0.15) is 5.75 Å². The Morgan fingerprint density at radius 2 is 2.04 bits per heavy atom. The van der Waals surface area contributed by atoms with Gasteiger partial charge in [0.15, 0.2) is 11.7 Å². The van der Waals surface area contributed by atoms with Crippen LogP contribution in [0.3, 0.4) is 0 Å². The van der Waals surface area contributed by atoms with Gasteiger partial charge in [-0.2, -0.15) is 0 Å². The van der Waals surface area contributed by atoms with Crippen molar-refractivity contribution in [3.8, 4) is 17.0 Å². The van der Waals surface area contributed by atoms with Crippen molar-refractivity contribution in [2.75, 3.05) is 11.9 Å². The summed E-state index contributed by atoms with van der Waals surface area (Å²) in [5.74, 6) is -0.536. The molecule has 0 saturated heterocycles. The molecule has 1 heterocycles. The van der Waals surface area contributed by atoms with Crippen molar-refractivity contribution >= 4 is 44.1 Å². The molecular formula is C18H15BrN2O3S. The molecule has 7 heteroatoms. The van der Waals surface area contributed by atoms with Crippen molar-refractivity contribution < 1.29 is 14.6 Å². The molecule has 0 saturated carbocycles. The number of halogens is 1. The number of carbonyl (C=O) groups is 1. The van der Waals surface area contributed by atoms with Crippen LogP contribution in [0.15, 0.2) is 52.3 Å². The molecular weight excluding hydrogens is 404 g/mol. The first-order valence-electron chi connectivity index (χ1n) is 7.45. The van der Waals surface area contributed by atoms with E-state index in [1.807, 2.05) is 42.6 Å². The molecule has 1 aromatic heterocycles. The van der Waals surface area contributed by atoms with Crippen molar-refractivity contribution in [3.63, 3.8) is 0 Å². The Morgan fingerprint density at radius 3 is 2.76 bits per heavy atom. The molecule has 0 aliphatic heterocycles. The molecule has 2 N–H and O–H groups in total. The number of aryl methyl sites for hydroxylation is 1. The van der Waals surface area contributed by atoms with Gasteiger partial charge in [0, 0.05) is 21.1 Å². The van der Waals surface area contributed by atoms with E-state index < -0.39 is 12.6 Å². The van der Waals surface area contributed by atoms with Gasteiger partial charge in [-0.1, -0.05) is 33.6 Å². The van der Waals surface area contributed by atoms with Crippen LogP contribution in [0, 0.1) is 6.92 Å². The lowest BCUT2D eigenvalue weighted by Gasteiger charge is -2.09. The number of aliphatic carboxylic acids is 1. The Hall–Kier alpha value is -2.38. The molecule has 0 atom stereocenters. The van der Waals surface area contributed by atoms with Crippen molar-refractivity contribution in [3.05, 3.63) is 57.9 Å². The maximum absolute atomic E-state index is 10.8. The molecule has 0 bridgehead atoms. The SMILES string of the molecule is Cc1ccc(Nc2nc(-c3cc(Br)ccc3OCC(=O)O)cs2)cc1. The first kappa shape index (κ1) is 17.4. The standard InChI is InChI=1S/C18H15BrN2O3S/c1-11-2-5-13(6-3-11)20-18-21-15(10-25-18)14-8-12(19)4-7-16(14)24-9-17(22)23/h2-8,10H,9H2,1H3,(H,20,21)(H,22,23). The lowest BCUT2D eigenvalue weighted by molar-refractivity contribution is -0.139. The zero-order valence-corrected chi connectivity index (χ0v) is 15.7. The summed E-state index contributed by atoms with van der Waals surface area (Å²) in [6.07, 6.45) is 0. The minimum absolute atomic E-state index is 0.396. The summed E-state index contributed by atoms with van der Waals surface area (Å²) < 4.78 is 6.24. The number of thiazole rings is 1. The summed E-state index contributed by atoms with van der Waals surface area (Å²) in [4.78, 5) is 15.3. The Bertz CT molecular complexity index is 894. The van der Waals surface area contributed by atoms with Gasteiger partial charge < -0.3 is 15.2 Å². The molecule has 3 aromatic rings. The summed E-state index contributed by atoms with van der Waals surface area (Å²) >= 11 is 4.90. The van der Waals surface area contributed by atoms with Crippen molar-refractivity contribution in [2.24, 2.45) is 0 Å². The van der Waals surface area contributed by atoms with Gasteiger partial charge in [-0.25, -0.2) is 9.78 Å². The Labute approximate surface area is 157 Å². The Kier molecular flexibility index (Phi) is 5.35. The average Bonchev–Trinajstić information content (AvgIpc) is 3.04. The second-order valence-corrected chi connectivity index (χ2v) is 7.13. The second-order valence-electron chi connectivity index (χ2n) is 5.35. The number of hydrogen-bond donors (Lipinski definition) is 2. The van der Waals surface area contributed by atoms with Crippen LogP contribution < -0.4 is 10.1 Å². The molecule has 0 amide bonds. The van der Waals surface area contributed by atoms with Crippen LogP contribution in [0.2, 0.25) is 0 Å². The number of ether oxygens (including phenoxy) is 1. The van der Waals surface area contributed by atoms with Gasteiger partial charge in [0.25, 0.3) is 0 Å². The number of aromatic nitrogens is 1. The topological polar surface area (TPSA) is 71.5 Å². The molecule has 0 unspecified atom stereocenters. The zero-order valence-electron chi connectivity index (χ0n) is 13.3. The van der Waals surface area contributed by atoms with Gasteiger partial charge in [-0.15, -0.1) is 11.3 Å². The highest BCUT2D eigenvalue weighted by Gasteiger charge is 2.12. The van der Waals surface area contributed by atoms with Crippen LogP contribution in [0.1, 0.15) is 5.56 Å². The van der Waals surface area contributed by atoms with E-state index in [2.05, 4.69) is 26.2 Å². The molecule has 0 aliphatic carbocycles. The summed E-state index contributed by atoms with van der Waals surface area (Å²) in [5.41, 5.74) is 3.62.